The Morgan fingerprint density at radius 1 is 1.38 bits per heavy atom. The Morgan fingerprint density at radius 2 is 2.12 bits per heavy atom. The van der Waals surface area contributed by atoms with Crippen LogP contribution in [0.2, 0.25) is 5.02 Å². The topological polar surface area (TPSA) is 50.9 Å². The van der Waals surface area contributed by atoms with Crippen LogP contribution in [0.4, 0.5) is 5.69 Å². The van der Waals surface area contributed by atoms with Gasteiger partial charge in [-0.3, -0.25) is 5.84 Å². The van der Waals surface area contributed by atoms with Crippen LogP contribution in [0, 0.1) is 0 Å². The van der Waals surface area contributed by atoms with Gasteiger partial charge in [-0.1, -0.05) is 37.6 Å². The first-order valence-corrected chi connectivity index (χ1v) is 5.57. The number of hydrogen-bond acceptors (Lipinski definition) is 3. The number of rotatable bonds is 2. The van der Waals surface area contributed by atoms with Crippen LogP contribution in [0.1, 0.15) is 25.5 Å². The molecule has 0 saturated heterocycles. The molecule has 0 aliphatic carbocycles. The van der Waals surface area contributed by atoms with Crippen LogP contribution in [0.25, 0.3) is 10.9 Å². The Balaban J connectivity index is 2.76. The molecule has 1 aromatic heterocycles. The van der Waals surface area contributed by atoms with Crippen molar-refractivity contribution in [2.75, 3.05) is 5.43 Å². The molecule has 0 aliphatic heterocycles. The molecule has 0 unspecified atom stereocenters. The van der Waals surface area contributed by atoms with Crippen molar-refractivity contribution < 1.29 is 0 Å². The van der Waals surface area contributed by atoms with Crippen molar-refractivity contribution in [3.8, 4) is 0 Å². The fourth-order valence-electron chi connectivity index (χ4n) is 1.73. The SMILES string of the molecule is CC(C)c1nc2c(Cl)cccc2cc1NN. The number of anilines is 1. The average molecular weight is 236 g/mol. The third-order valence-electron chi connectivity index (χ3n) is 2.53. The molecule has 1 aromatic carbocycles. The number of halogens is 1. The number of hydrogen-bond donors (Lipinski definition) is 2. The van der Waals surface area contributed by atoms with E-state index in [0.717, 1.165) is 22.3 Å². The first kappa shape index (κ1) is 11.2. The van der Waals surface area contributed by atoms with Crippen molar-refractivity contribution in [1.29, 1.82) is 0 Å². The first-order valence-electron chi connectivity index (χ1n) is 5.19. The summed E-state index contributed by atoms with van der Waals surface area (Å²) in [5.41, 5.74) is 5.29. The highest BCUT2D eigenvalue weighted by atomic mass is 35.5. The van der Waals surface area contributed by atoms with Crippen LogP contribution in [-0.4, -0.2) is 4.98 Å². The number of pyridine rings is 1. The summed E-state index contributed by atoms with van der Waals surface area (Å²) in [7, 11) is 0. The van der Waals surface area contributed by atoms with Crippen LogP contribution >= 0.6 is 11.6 Å². The van der Waals surface area contributed by atoms with Crippen molar-refractivity contribution in [2.45, 2.75) is 19.8 Å². The van der Waals surface area contributed by atoms with E-state index in [1.54, 1.807) is 0 Å². The summed E-state index contributed by atoms with van der Waals surface area (Å²) in [6.07, 6.45) is 0. The van der Waals surface area contributed by atoms with E-state index in [2.05, 4.69) is 24.3 Å². The lowest BCUT2D eigenvalue weighted by atomic mass is 10.1. The third kappa shape index (κ3) is 1.84. The normalized spacial score (nSPS) is 11.1. The van der Waals surface area contributed by atoms with Crippen LogP contribution in [0.5, 0.6) is 0 Å². The zero-order valence-corrected chi connectivity index (χ0v) is 10.0. The molecule has 2 aromatic rings. The minimum Gasteiger partial charge on any atom is -0.322 e. The van der Waals surface area contributed by atoms with Gasteiger partial charge >= 0.3 is 0 Å². The summed E-state index contributed by atoms with van der Waals surface area (Å²) >= 11 is 6.12. The molecule has 16 heavy (non-hydrogen) atoms. The predicted octanol–water partition coefficient (Wildman–Crippen LogP) is 3.30. The molecule has 0 saturated carbocycles. The Hall–Kier alpha value is -1.32. The Labute approximate surface area is 99.6 Å². The first-order chi connectivity index (χ1) is 7.63. The number of nitrogen functional groups attached to an aromatic ring is 1. The maximum Gasteiger partial charge on any atom is 0.0893 e. The summed E-state index contributed by atoms with van der Waals surface area (Å²) in [5, 5.41) is 1.66. The number of nitrogens with one attached hydrogen (secondary N) is 1. The second-order valence-corrected chi connectivity index (χ2v) is 4.44. The maximum atomic E-state index is 6.12. The van der Waals surface area contributed by atoms with Gasteiger partial charge in [-0.2, -0.15) is 0 Å². The highest BCUT2D eigenvalue weighted by Crippen LogP contribution is 2.29. The predicted molar refractivity (Wildman–Crippen MR) is 68.7 cm³/mol. The Kier molecular flexibility index (Phi) is 2.99. The van der Waals surface area contributed by atoms with Gasteiger partial charge in [0.2, 0.25) is 0 Å². The average Bonchev–Trinajstić information content (AvgIpc) is 2.27. The molecule has 0 radical (unpaired) electrons. The number of fused-ring (bicyclic) bond motifs is 1. The summed E-state index contributed by atoms with van der Waals surface area (Å²) in [6, 6.07) is 7.70. The Morgan fingerprint density at radius 3 is 2.75 bits per heavy atom. The number of benzene rings is 1. The van der Waals surface area contributed by atoms with E-state index in [0.29, 0.717) is 10.9 Å². The third-order valence-corrected chi connectivity index (χ3v) is 2.83. The molecule has 84 valence electrons. The van der Waals surface area contributed by atoms with E-state index in [9.17, 15) is 0 Å². The number of nitrogens with two attached hydrogens (primary N) is 1. The monoisotopic (exact) mass is 235 g/mol. The fourth-order valence-corrected chi connectivity index (χ4v) is 1.96. The van der Waals surface area contributed by atoms with Gasteiger partial charge in [-0.25, -0.2) is 4.98 Å². The zero-order valence-electron chi connectivity index (χ0n) is 9.29. The molecule has 0 bridgehead atoms. The quantitative estimate of drug-likeness (QED) is 0.620. The van der Waals surface area contributed by atoms with Crippen molar-refractivity contribution >= 4 is 28.2 Å². The number of aromatic nitrogens is 1. The van der Waals surface area contributed by atoms with Gasteiger partial charge in [0, 0.05) is 5.39 Å². The lowest BCUT2D eigenvalue weighted by Crippen LogP contribution is -2.11. The highest BCUT2D eigenvalue weighted by molar-refractivity contribution is 6.35. The molecule has 0 spiro atoms. The molecule has 3 nitrogen and oxygen atoms in total. The van der Waals surface area contributed by atoms with E-state index < -0.39 is 0 Å². The van der Waals surface area contributed by atoms with Gasteiger partial charge in [0.25, 0.3) is 0 Å². The zero-order chi connectivity index (χ0) is 11.7. The summed E-state index contributed by atoms with van der Waals surface area (Å²) in [5.74, 6) is 5.79. The molecular formula is C12H14ClN3. The maximum absolute atomic E-state index is 6.12. The molecule has 0 fully saturated rings. The van der Waals surface area contributed by atoms with Gasteiger partial charge in [0.1, 0.15) is 0 Å². The molecule has 2 rings (SSSR count). The molecule has 4 heteroatoms. The highest BCUT2D eigenvalue weighted by Gasteiger charge is 2.10. The molecular weight excluding hydrogens is 222 g/mol. The number of nitrogens with zero attached hydrogens (tertiary/aromatic N) is 1. The number of para-hydroxylation sites is 1. The van der Waals surface area contributed by atoms with Crippen LogP contribution < -0.4 is 11.3 Å². The van der Waals surface area contributed by atoms with Gasteiger partial charge < -0.3 is 5.43 Å². The van der Waals surface area contributed by atoms with E-state index in [1.807, 2.05) is 24.3 Å². The second-order valence-electron chi connectivity index (χ2n) is 4.03. The van der Waals surface area contributed by atoms with Crippen molar-refractivity contribution in [2.24, 2.45) is 5.84 Å². The van der Waals surface area contributed by atoms with Crippen molar-refractivity contribution in [3.05, 3.63) is 35.0 Å². The summed E-state index contributed by atoms with van der Waals surface area (Å²) < 4.78 is 0. The standard InChI is InChI=1S/C12H14ClN3/c1-7(2)11-10(16-14)6-8-4-3-5-9(13)12(8)15-11/h3-7,16H,14H2,1-2H3. The molecule has 1 heterocycles. The molecule has 0 atom stereocenters. The lowest BCUT2D eigenvalue weighted by molar-refractivity contribution is 0.831. The van der Waals surface area contributed by atoms with Crippen LogP contribution in [0.15, 0.2) is 24.3 Å². The fraction of sp³-hybridized carbons (Fsp3) is 0.250. The van der Waals surface area contributed by atoms with Gasteiger partial charge in [0.15, 0.2) is 0 Å². The van der Waals surface area contributed by atoms with Crippen molar-refractivity contribution in [3.63, 3.8) is 0 Å². The van der Waals surface area contributed by atoms with Crippen molar-refractivity contribution in [1.82, 2.24) is 4.98 Å². The molecule has 0 aliphatic rings. The largest absolute Gasteiger partial charge is 0.322 e. The number of hydrazine groups is 1. The van der Waals surface area contributed by atoms with E-state index in [-0.39, 0.29) is 0 Å². The molecule has 0 amide bonds. The van der Waals surface area contributed by atoms with E-state index in [1.165, 1.54) is 0 Å². The van der Waals surface area contributed by atoms with E-state index >= 15 is 0 Å². The minimum absolute atomic E-state index is 0.298. The second kappa shape index (κ2) is 4.28. The minimum atomic E-state index is 0.298. The lowest BCUT2D eigenvalue weighted by Gasteiger charge is -2.13. The van der Waals surface area contributed by atoms with E-state index in [4.69, 9.17) is 17.4 Å². The van der Waals surface area contributed by atoms with Crippen LogP contribution in [-0.2, 0) is 0 Å². The smallest absolute Gasteiger partial charge is 0.0893 e. The summed E-state index contributed by atoms with van der Waals surface area (Å²) in [6.45, 7) is 4.15. The Bertz CT molecular complexity index is 523. The van der Waals surface area contributed by atoms with Gasteiger partial charge in [-0.05, 0) is 18.1 Å². The van der Waals surface area contributed by atoms with Gasteiger partial charge in [-0.15, -0.1) is 0 Å². The van der Waals surface area contributed by atoms with Crippen LogP contribution in [0.3, 0.4) is 0 Å². The van der Waals surface area contributed by atoms with Gasteiger partial charge in [0.05, 0.1) is 21.9 Å². The summed E-state index contributed by atoms with van der Waals surface area (Å²) in [4.78, 5) is 4.57. The molecule has 3 N–H and O–H groups in total.